The molecular weight excluding hydrogens is 260 g/mol. The van der Waals surface area contributed by atoms with Gasteiger partial charge in [0.25, 0.3) is 5.69 Å². The summed E-state index contributed by atoms with van der Waals surface area (Å²) in [6, 6.07) is 3.15. The summed E-state index contributed by atoms with van der Waals surface area (Å²) in [5.74, 6) is 0. The smallest absolute Gasteiger partial charge is 0.407 e. The first-order valence-corrected chi connectivity index (χ1v) is 6.45. The number of rotatable bonds is 4. The Labute approximate surface area is 118 Å². The Kier molecular flexibility index (Phi) is 5.07. The summed E-state index contributed by atoms with van der Waals surface area (Å²) in [4.78, 5) is 22.2. The number of nitrogens with zero attached hydrogens (tertiary/aromatic N) is 1. The molecule has 0 aliphatic carbocycles. The summed E-state index contributed by atoms with van der Waals surface area (Å²) in [5.41, 5.74) is 2.12. The molecule has 0 saturated carbocycles. The molecule has 1 aromatic rings. The summed E-state index contributed by atoms with van der Waals surface area (Å²) in [6.07, 6.45) is -1.27. The van der Waals surface area contributed by atoms with Gasteiger partial charge in [0, 0.05) is 12.1 Å². The van der Waals surface area contributed by atoms with Crippen molar-refractivity contribution in [3.8, 4) is 0 Å². The fraction of sp³-hybridized carbons (Fsp3) is 0.500. The normalized spacial score (nSPS) is 12.1. The van der Waals surface area contributed by atoms with Crippen molar-refractivity contribution in [2.75, 3.05) is 0 Å². The van der Waals surface area contributed by atoms with Gasteiger partial charge in [-0.05, 0) is 51.8 Å². The van der Waals surface area contributed by atoms with E-state index in [1.54, 1.807) is 13.0 Å². The lowest BCUT2D eigenvalue weighted by molar-refractivity contribution is -0.386. The van der Waals surface area contributed by atoms with Crippen LogP contribution in [0.2, 0.25) is 0 Å². The van der Waals surface area contributed by atoms with Crippen LogP contribution in [0.4, 0.5) is 10.5 Å². The Balaban J connectivity index is 3.02. The molecule has 1 aromatic carbocycles. The van der Waals surface area contributed by atoms with E-state index in [0.29, 0.717) is 5.56 Å². The lowest BCUT2D eigenvalue weighted by Crippen LogP contribution is -2.31. The molecule has 20 heavy (non-hydrogen) atoms. The Morgan fingerprint density at radius 2 is 1.80 bits per heavy atom. The maximum absolute atomic E-state index is 11.6. The van der Waals surface area contributed by atoms with Crippen molar-refractivity contribution in [3.63, 3.8) is 0 Å². The topological polar surface area (TPSA) is 81.5 Å². The van der Waals surface area contributed by atoms with E-state index in [-0.39, 0.29) is 11.7 Å². The average Bonchev–Trinajstić information content (AvgIpc) is 2.30. The van der Waals surface area contributed by atoms with Gasteiger partial charge in [0.2, 0.25) is 0 Å². The van der Waals surface area contributed by atoms with Crippen molar-refractivity contribution in [1.82, 2.24) is 5.32 Å². The Morgan fingerprint density at radius 1 is 1.25 bits per heavy atom. The number of alkyl carbamates (subject to hydrolysis) is 1. The summed E-state index contributed by atoms with van der Waals surface area (Å²) in [7, 11) is 0. The van der Waals surface area contributed by atoms with Crippen molar-refractivity contribution < 1.29 is 14.5 Å². The van der Waals surface area contributed by atoms with Crippen LogP contribution in [0.1, 0.15) is 43.6 Å². The van der Waals surface area contributed by atoms with Crippen LogP contribution in [0.5, 0.6) is 0 Å². The number of nitro groups is 1. The van der Waals surface area contributed by atoms with Crippen molar-refractivity contribution in [1.29, 1.82) is 0 Å². The van der Waals surface area contributed by atoms with Crippen LogP contribution in [0, 0.1) is 24.0 Å². The van der Waals surface area contributed by atoms with E-state index in [9.17, 15) is 14.9 Å². The number of hydrogen-bond acceptors (Lipinski definition) is 4. The summed E-state index contributed by atoms with van der Waals surface area (Å²) in [6.45, 7) is 8.92. The molecule has 1 N–H and O–H groups in total. The largest absolute Gasteiger partial charge is 0.441 e. The van der Waals surface area contributed by atoms with Gasteiger partial charge in [-0.3, -0.25) is 10.1 Å². The Bertz CT molecular complexity index is 526. The van der Waals surface area contributed by atoms with E-state index in [0.717, 1.165) is 11.1 Å². The molecule has 1 unspecified atom stereocenters. The zero-order chi connectivity index (χ0) is 15.4. The van der Waals surface area contributed by atoms with Crippen LogP contribution in [0.3, 0.4) is 0 Å². The molecule has 0 fully saturated rings. The number of nitro benzene ring substituents is 1. The van der Waals surface area contributed by atoms with E-state index < -0.39 is 17.1 Å². The lowest BCUT2D eigenvalue weighted by atomic mass is 10.0. The van der Waals surface area contributed by atoms with E-state index >= 15 is 0 Å². The highest BCUT2D eigenvalue weighted by Gasteiger charge is 2.23. The summed E-state index contributed by atoms with van der Waals surface area (Å²) < 4.78 is 5.18. The van der Waals surface area contributed by atoms with Gasteiger partial charge in [-0.15, -0.1) is 0 Å². The van der Waals surface area contributed by atoms with Crippen LogP contribution in [0.25, 0.3) is 0 Å². The maximum Gasteiger partial charge on any atom is 0.407 e. The van der Waals surface area contributed by atoms with Gasteiger partial charge in [0.15, 0.2) is 0 Å². The van der Waals surface area contributed by atoms with Crippen molar-refractivity contribution in [2.24, 2.45) is 0 Å². The number of hydrogen-bond donors (Lipinski definition) is 1. The van der Waals surface area contributed by atoms with E-state index in [2.05, 4.69) is 5.32 Å². The van der Waals surface area contributed by atoms with Crippen LogP contribution >= 0.6 is 0 Å². The summed E-state index contributed by atoms with van der Waals surface area (Å²) in [5, 5.41) is 13.7. The molecule has 0 aliphatic heterocycles. The number of ether oxygens (including phenoxy) is 1. The van der Waals surface area contributed by atoms with Crippen LogP contribution in [-0.2, 0) is 4.74 Å². The van der Waals surface area contributed by atoms with E-state index in [1.165, 1.54) is 6.07 Å². The minimum absolute atomic E-state index is 0.0297. The molecule has 0 heterocycles. The van der Waals surface area contributed by atoms with Gasteiger partial charge >= 0.3 is 6.09 Å². The predicted molar refractivity (Wildman–Crippen MR) is 75.7 cm³/mol. The van der Waals surface area contributed by atoms with Gasteiger partial charge in [0.05, 0.1) is 10.5 Å². The molecule has 0 radical (unpaired) electrons. The molecular formula is C14H20N2O4. The van der Waals surface area contributed by atoms with Crippen LogP contribution < -0.4 is 5.32 Å². The van der Waals surface area contributed by atoms with E-state index in [4.69, 9.17) is 4.74 Å². The Morgan fingerprint density at radius 3 is 2.30 bits per heavy atom. The average molecular weight is 280 g/mol. The highest BCUT2D eigenvalue weighted by atomic mass is 16.6. The molecule has 0 aliphatic rings. The van der Waals surface area contributed by atoms with Gasteiger partial charge in [-0.2, -0.15) is 0 Å². The molecule has 0 bridgehead atoms. The molecule has 6 heteroatoms. The fourth-order valence-electron chi connectivity index (χ4n) is 1.80. The molecule has 110 valence electrons. The molecule has 0 saturated heterocycles. The van der Waals surface area contributed by atoms with Crippen molar-refractivity contribution >= 4 is 11.8 Å². The molecule has 0 aromatic heterocycles. The van der Waals surface area contributed by atoms with Gasteiger partial charge in [-0.1, -0.05) is 0 Å². The zero-order valence-corrected chi connectivity index (χ0v) is 12.4. The van der Waals surface area contributed by atoms with Gasteiger partial charge in [-0.25, -0.2) is 4.79 Å². The zero-order valence-electron chi connectivity index (χ0n) is 12.4. The number of amides is 1. The second kappa shape index (κ2) is 6.36. The molecule has 1 amide bonds. The fourth-order valence-corrected chi connectivity index (χ4v) is 1.80. The summed E-state index contributed by atoms with van der Waals surface area (Å²) >= 11 is 0. The third-order valence-corrected chi connectivity index (χ3v) is 2.97. The quantitative estimate of drug-likeness (QED) is 0.677. The third kappa shape index (κ3) is 3.94. The van der Waals surface area contributed by atoms with Crippen LogP contribution in [-0.4, -0.2) is 17.1 Å². The molecule has 1 atom stereocenters. The first-order chi connectivity index (χ1) is 9.22. The minimum Gasteiger partial charge on any atom is -0.441 e. The Hall–Kier alpha value is -2.11. The lowest BCUT2D eigenvalue weighted by Gasteiger charge is -2.16. The van der Waals surface area contributed by atoms with Gasteiger partial charge < -0.3 is 10.1 Å². The number of nitrogens with one attached hydrogen (secondary N) is 1. The maximum atomic E-state index is 11.6. The SMILES string of the molecule is Cc1cc(C(C)OC(=O)NC(C)C)c([N+](=O)[O-])cc1C. The monoisotopic (exact) mass is 280 g/mol. The van der Waals surface area contributed by atoms with Crippen molar-refractivity contribution in [3.05, 3.63) is 38.9 Å². The standard InChI is InChI=1S/C14H20N2O4/c1-8(2)15-14(17)20-11(5)12-6-9(3)10(4)7-13(12)16(18)19/h6-8,11H,1-5H3,(H,15,17). The second-order valence-corrected chi connectivity index (χ2v) is 5.10. The van der Waals surface area contributed by atoms with Gasteiger partial charge in [0.1, 0.15) is 6.10 Å². The minimum atomic E-state index is -0.687. The highest BCUT2D eigenvalue weighted by molar-refractivity contribution is 5.68. The number of aryl methyl sites for hydroxylation is 2. The predicted octanol–water partition coefficient (Wildman–Crippen LogP) is 3.41. The number of carbonyl (C=O) groups is 1. The number of carbonyl (C=O) groups excluding carboxylic acids is 1. The first kappa shape index (κ1) is 15.9. The molecule has 6 nitrogen and oxygen atoms in total. The highest BCUT2D eigenvalue weighted by Crippen LogP contribution is 2.30. The van der Waals surface area contributed by atoms with Crippen LogP contribution in [0.15, 0.2) is 12.1 Å². The molecule has 0 spiro atoms. The second-order valence-electron chi connectivity index (χ2n) is 5.10. The third-order valence-electron chi connectivity index (χ3n) is 2.97. The van der Waals surface area contributed by atoms with Crippen molar-refractivity contribution in [2.45, 2.75) is 46.8 Å². The molecule has 1 rings (SSSR count). The first-order valence-electron chi connectivity index (χ1n) is 6.45. The number of benzene rings is 1. The van der Waals surface area contributed by atoms with E-state index in [1.807, 2.05) is 27.7 Å².